The van der Waals surface area contributed by atoms with Crippen LogP contribution in [0.3, 0.4) is 0 Å². The molecule has 0 saturated carbocycles. The van der Waals surface area contributed by atoms with E-state index in [4.69, 9.17) is 10.2 Å². The molecule has 0 N–H and O–H groups in total. The van der Waals surface area contributed by atoms with Crippen LogP contribution in [0.5, 0.6) is 0 Å². The molecule has 4 aromatic carbocycles. The van der Waals surface area contributed by atoms with Crippen molar-refractivity contribution in [1.29, 1.82) is 0 Å². The maximum atomic E-state index is 5.00. The van der Waals surface area contributed by atoms with Gasteiger partial charge in [0.2, 0.25) is 0 Å². The monoisotopic (exact) mass is 581 g/mol. The van der Waals surface area contributed by atoms with Crippen LogP contribution in [0.2, 0.25) is 0 Å². The Balaban J connectivity index is 1.26. The zero-order valence-electron chi connectivity index (χ0n) is 26.1. The molecule has 5 heteroatoms. The van der Waals surface area contributed by atoms with Crippen molar-refractivity contribution in [3.63, 3.8) is 0 Å². The van der Waals surface area contributed by atoms with Gasteiger partial charge in [-0.1, -0.05) is 113 Å². The second kappa shape index (κ2) is 14.2. The number of unbranched alkanes of at least 4 members (excludes halogenated alkanes) is 7. The van der Waals surface area contributed by atoms with Crippen molar-refractivity contribution in [2.45, 2.75) is 71.8 Å². The molecule has 0 aliphatic rings. The maximum absolute atomic E-state index is 5.00. The van der Waals surface area contributed by atoms with E-state index in [0.29, 0.717) is 0 Å². The van der Waals surface area contributed by atoms with Crippen molar-refractivity contribution in [2.75, 3.05) is 5.01 Å². The lowest BCUT2D eigenvalue weighted by atomic mass is 10.1. The van der Waals surface area contributed by atoms with Gasteiger partial charge in [-0.25, -0.2) is 9.69 Å². The number of fused-ring (bicyclic) bond motifs is 3. The summed E-state index contributed by atoms with van der Waals surface area (Å²) in [6.07, 6.45) is 12.6. The fourth-order valence-electron chi connectivity index (χ4n) is 6.14. The minimum Gasteiger partial charge on any atom is -0.340 e. The van der Waals surface area contributed by atoms with Crippen LogP contribution in [0, 0.1) is 6.92 Å². The fraction of sp³-hybridized carbons (Fsp3) is 0.282. The van der Waals surface area contributed by atoms with Crippen LogP contribution in [0.4, 0.5) is 11.5 Å². The Morgan fingerprint density at radius 3 is 2.11 bits per heavy atom. The van der Waals surface area contributed by atoms with Gasteiger partial charge in [0.05, 0.1) is 17.6 Å². The van der Waals surface area contributed by atoms with Gasteiger partial charge < -0.3 is 4.57 Å². The van der Waals surface area contributed by atoms with E-state index >= 15 is 0 Å². The summed E-state index contributed by atoms with van der Waals surface area (Å²) < 4.78 is 4.48. The second-order valence-electron chi connectivity index (χ2n) is 11.7. The molecule has 0 fully saturated rings. The Morgan fingerprint density at radius 2 is 1.34 bits per heavy atom. The number of hydrogen-bond donors (Lipinski definition) is 0. The second-order valence-corrected chi connectivity index (χ2v) is 11.7. The van der Waals surface area contributed by atoms with Crippen LogP contribution in [0.1, 0.15) is 69.5 Å². The normalized spacial score (nSPS) is 11.7. The molecule has 0 radical (unpaired) electrons. The lowest BCUT2D eigenvalue weighted by Crippen LogP contribution is -2.10. The quantitative estimate of drug-likeness (QED) is 0.0729. The molecular weight excluding hydrogens is 538 g/mol. The first-order chi connectivity index (χ1) is 21.7. The SMILES string of the molecule is CCCCCCCCCCn1c2ccccc2c2cc(/C=N\N(c3ccccc3)c3cc(C)n(-c4ccccc4)n3)ccc21. The minimum absolute atomic E-state index is 0.775. The summed E-state index contributed by atoms with van der Waals surface area (Å²) in [5.41, 5.74) is 6.71. The first-order valence-corrected chi connectivity index (χ1v) is 16.2. The highest BCUT2D eigenvalue weighted by atomic mass is 15.5. The van der Waals surface area contributed by atoms with E-state index in [2.05, 4.69) is 91.2 Å². The van der Waals surface area contributed by atoms with Crippen molar-refractivity contribution in [2.24, 2.45) is 5.10 Å². The van der Waals surface area contributed by atoms with Crippen LogP contribution in [0.15, 0.2) is 114 Å². The molecule has 2 heterocycles. The molecule has 0 aliphatic heterocycles. The zero-order chi connectivity index (χ0) is 30.1. The first-order valence-electron chi connectivity index (χ1n) is 16.2. The van der Waals surface area contributed by atoms with Gasteiger partial charge in [-0.05, 0) is 61.4 Å². The molecule has 0 spiro atoms. The summed E-state index contributed by atoms with van der Waals surface area (Å²) >= 11 is 0. The summed E-state index contributed by atoms with van der Waals surface area (Å²) in [6, 6.07) is 38.1. The van der Waals surface area contributed by atoms with Crippen LogP contribution >= 0.6 is 0 Å². The first kappa shape index (κ1) is 29.4. The molecule has 0 saturated heterocycles. The summed E-state index contributed by atoms with van der Waals surface area (Å²) in [4.78, 5) is 0. The number of para-hydroxylation sites is 3. The molecule has 0 aliphatic carbocycles. The van der Waals surface area contributed by atoms with E-state index < -0.39 is 0 Å². The Kier molecular flexibility index (Phi) is 9.51. The van der Waals surface area contributed by atoms with Gasteiger partial charge in [-0.15, -0.1) is 5.10 Å². The predicted octanol–water partition coefficient (Wildman–Crippen LogP) is 10.6. The van der Waals surface area contributed by atoms with Crippen molar-refractivity contribution in [3.05, 3.63) is 120 Å². The molecule has 5 nitrogen and oxygen atoms in total. The van der Waals surface area contributed by atoms with Gasteiger partial charge in [0.15, 0.2) is 5.82 Å². The Bertz CT molecular complexity index is 1810. The lowest BCUT2D eigenvalue weighted by molar-refractivity contribution is 0.553. The predicted molar refractivity (Wildman–Crippen MR) is 187 cm³/mol. The molecule has 0 atom stereocenters. The smallest absolute Gasteiger partial charge is 0.176 e. The Hall–Kier alpha value is -4.64. The van der Waals surface area contributed by atoms with Crippen LogP contribution in [-0.4, -0.2) is 20.6 Å². The molecule has 2 aromatic heterocycles. The molecule has 6 rings (SSSR count). The topological polar surface area (TPSA) is 38.4 Å². The minimum atomic E-state index is 0.775. The largest absolute Gasteiger partial charge is 0.340 e. The van der Waals surface area contributed by atoms with Crippen molar-refractivity contribution < 1.29 is 0 Å². The number of hydrogen-bond acceptors (Lipinski definition) is 3. The average molecular weight is 582 g/mol. The Labute approximate surface area is 261 Å². The molecule has 0 bridgehead atoms. The standard InChI is InChI=1S/C39H43N5/c1-3-4-5-6-7-8-9-18-27-42-37-24-17-16-23-35(37)36-29-32(25-26-38(36)42)30-40-44(34-21-14-11-15-22-34)39-28-31(2)43(41-39)33-19-12-10-13-20-33/h10-17,19-26,28-30H,3-9,18,27H2,1-2H3/b40-30-. The van der Waals surface area contributed by atoms with Crippen LogP contribution in [-0.2, 0) is 6.54 Å². The van der Waals surface area contributed by atoms with Gasteiger partial charge in [-0.2, -0.15) is 5.10 Å². The van der Waals surface area contributed by atoms with Crippen LogP contribution in [0.25, 0.3) is 27.5 Å². The third kappa shape index (κ3) is 6.62. The van der Waals surface area contributed by atoms with Crippen molar-refractivity contribution in [1.82, 2.24) is 14.3 Å². The highest BCUT2D eigenvalue weighted by molar-refractivity contribution is 6.09. The third-order valence-electron chi connectivity index (χ3n) is 8.45. The molecule has 44 heavy (non-hydrogen) atoms. The number of aryl methyl sites for hydroxylation is 2. The van der Waals surface area contributed by atoms with E-state index in [1.54, 1.807) is 0 Å². The molecule has 224 valence electrons. The van der Waals surface area contributed by atoms with Gasteiger partial charge in [-0.3, -0.25) is 0 Å². The van der Waals surface area contributed by atoms with E-state index in [-0.39, 0.29) is 0 Å². The lowest BCUT2D eigenvalue weighted by Gasteiger charge is -2.16. The van der Waals surface area contributed by atoms with E-state index in [0.717, 1.165) is 35.0 Å². The number of aromatic nitrogens is 3. The van der Waals surface area contributed by atoms with Crippen LogP contribution < -0.4 is 5.01 Å². The van der Waals surface area contributed by atoms with Gasteiger partial charge in [0.25, 0.3) is 0 Å². The summed E-state index contributed by atoms with van der Waals surface area (Å²) in [7, 11) is 0. The summed E-state index contributed by atoms with van der Waals surface area (Å²) in [5.74, 6) is 0.775. The highest BCUT2D eigenvalue weighted by Crippen LogP contribution is 2.31. The summed E-state index contributed by atoms with van der Waals surface area (Å²) in [6.45, 7) is 5.41. The Morgan fingerprint density at radius 1 is 0.682 bits per heavy atom. The van der Waals surface area contributed by atoms with Gasteiger partial charge in [0.1, 0.15) is 0 Å². The summed E-state index contributed by atoms with van der Waals surface area (Å²) in [5, 5.41) is 14.4. The molecule has 0 unspecified atom stereocenters. The number of nitrogens with zero attached hydrogens (tertiary/aromatic N) is 5. The number of hydrazone groups is 1. The van der Waals surface area contributed by atoms with E-state index in [1.165, 1.54) is 73.2 Å². The number of anilines is 2. The number of rotatable bonds is 14. The molecule has 6 aromatic rings. The number of benzene rings is 4. The van der Waals surface area contributed by atoms with E-state index in [1.807, 2.05) is 52.3 Å². The fourth-order valence-corrected chi connectivity index (χ4v) is 6.14. The van der Waals surface area contributed by atoms with E-state index in [9.17, 15) is 0 Å². The van der Waals surface area contributed by atoms with Crippen molar-refractivity contribution in [3.8, 4) is 5.69 Å². The zero-order valence-corrected chi connectivity index (χ0v) is 26.1. The maximum Gasteiger partial charge on any atom is 0.176 e. The third-order valence-corrected chi connectivity index (χ3v) is 8.45. The average Bonchev–Trinajstić information content (AvgIpc) is 3.60. The van der Waals surface area contributed by atoms with Crippen molar-refractivity contribution >= 4 is 39.5 Å². The molecular formula is C39H43N5. The van der Waals surface area contributed by atoms with Gasteiger partial charge >= 0.3 is 0 Å². The van der Waals surface area contributed by atoms with Gasteiger partial charge in [0, 0.05) is 40.1 Å². The molecule has 0 amide bonds. The highest BCUT2D eigenvalue weighted by Gasteiger charge is 2.15.